The molecule has 7 nitrogen and oxygen atoms in total. The van der Waals surface area contributed by atoms with Gasteiger partial charge in [-0.2, -0.15) is 0 Å². The Morgan fingerprint density at radius 2 is 1.82 bits per heavy atom. The van der Waals surface area contributed by atoms with Crippen LogP contribution in [-0.4, -0.2) is 33.0 Å². The van der Waals surface area contributed by atoms with E-state index in [0.717, 1.165) is 31.2 Å². The topological polar surface area (TPSA) is 86.1 Å². The number of esters is 1. The Hall–Kier alpha value is -2.96. The van der Waals surface area contributed by atoms with Crippen LogP contribution in [0.15, 0.2) is 24.3 Å². The van der Waals surface area contributed by atoms with Crippen molar-refractivity contribution in [2.24, 2.45) is 0 Å². The minimum absolute atomic E-state index is 0.164. The van der Waals surface area contributed by atoms with Gasteiger partial charge in [0.25, 0.3) is 0 Å². The molecule has 2 aromatic heterocycles. The SMILES string of the molecule is CCOC(=O)c1c(NC(C)=O)n(C2CCCCC2)c2nc3ccccc3nc12. The van der Waals surface area contributed by atoms with Crippen molar-refractivity contribution >= 4 is 39.9 Å². The maximum Gasteiger partial charge on any atom is 0.344 e. The lowest BCUT2D eigenvalue weighted by Crippen LogP contribution is -2.20. The second kappa shape index (κ2) is 7.58. The molecule has 1 aromatic carbocycles. The largest absolute Gasteiger partial charge is 0.462 e. The van der Waals surface area contributed by atoms with E-state index in [1.165, 1.54) is 13.3 Å². The number of carbonyl (C=O) groups excluding carboxylic acids is 2. The minimum Gasteiger partial charge on any atom is -0.462 e. The van der Waals surface area contributed by atoms with Gasteiger partial charge in [0.2, 0.25) is 5.91 Å². The van der Waals surface area contributed by atoms with Crippen LogP contribution >= 0.6 is 0 Å². The number of ether oxygens (including phenoxy) is 1. The predicted molar refractivity (Wildman–Crippen MR) is 107 cm³/mol. The van der Waals surface area contributed by atoms with E-state index in [1.807, 2.05) is 28.8 Å². The van der Waals surface area contributed by atoms with E-state index in [-0.39, 0.29) is 24.1 Å². The Balaban J connectivity index is 2.05. The van der Waals surface area contributed by atoms with Gasteiger partial charge in [-0.1, -0.05) is 31.4 Å². The number of benzene rings is 1. The highest BCUT2D eigenvalue weighted by atomic mass is 16.5. The van der Waals surface area contributed by atoms with Crippen molar-refractivity contribution in [3.05, 3.63) is 29.8 Å². The van der Waals surface area contributed by atoms with Crippen LogP contribution in [0.4, 0.5) is 5.82 Å². The number of carbonyl (C=O) groups is 2. The van der Waals surface area contributed by atoms with Crippen LogP contribution in [0.1, 0.15) is 62.4 Å². The summed E-state index contributed by atoms with van der Waals surface area (Å²) in [6.45, 7) is 3.45. The lowest BCUT2D eigenvalue weighted by atomic mass is 9.95. The lowest BCUT2D eigenvalue weighted by molar-refractivity contribution is -0.114. The van der Waals surface area contributed by atoms with E-state index >= 15 is 0 Å². The molecule has 1 aliphatic rings. The standard InChI is InChI=1S/C21H24N4O3/c1-3-28-21(27)17-18-20(24-16-12-8-7-11-15(16)23-18)25(19(17)22-13(2)26)14-9-5-4-6-10-14/h7-8,11-12,14H,3-6,9-10H2,1-2H3,(H,22,26). The van der Waals surface area contributed by atoms with Crippen molar-refractivity contribution in [2.75, 3.05) is 11.9 Å². The molecule has 1 N–H and O–H groups in total. The maximum absolute atomic E-state index is 12.8. The van der Waals surface area contributed by atoms with Gasteiger partial charge in [0, 0.05) is 13.0 Å². The van der Waals surface area contributed by atoms with Crippen molar-refractivity contribution in [1.82, 2.24) is 14.5 Å². The van der Waals surface area contributed by atoms with E-state index in [2.05, 4.69) is 5.32 Å². The number of nitrogens with one attached hydrogen (secondary N) is 1. The first-order valence-electron chi connectivity index (χ1n) is 9.85. The van der Waals surface area contributed by atoms with Crippen molar-refractivity contribution in [2.45, 2.75) is 52.0 Å². The fourth-order valence-electron chi connectivity index (χ4n) is 4.05. The predicted octanol–water partition coefficient (Wildman–Crippen LogP) is 4.22. The van der Waals surface area contributed by atoms with Crippen LogP contribution in [0, 0.1) is 0 Å². The Morgan fingerprint density at radius 1 is 1.14 bits per heavy atom. The first kappa shape index (κ1) is 18.4. The average Bonchev–Trinajstić information content (AvgIpc) is 2.99. The summed E-state index contributed by atoms with van der Waals surface area (Å²) in [5.41, 5.74) is 2.85. The van der Waals surface area contributed by atoms with Gasteiger partial charge in [-0.3, -0.25) is 4.79 Å². The molecule has 0 aliphatic heterocycles. The van der Waals surface area contributed by atoms with Crippen molar-refractivity contribution in [3.8, 4) is 0 Å². The molecule has 0 unspecified atom stereocenters. The van der Waals surface area contributed by atoms with Gasteiger partial charge in [-0.05, 0) is 31.9 Å². The molecule has 0 atom stereocenters. The van der Waals surface area contributed by atoms with Gasteiger partial charge in [0.05, 0.1) is 17.6 Å². The van der Waals surface area contributed by atoms with Gasteiger partial charge in [-0.15, -0.1) is 0 Å². The summed E-state index contributed by atoms with van der Waals surface area (Å²) in [4.78, 5) is 34.4. The van der Waals surface area contributed by atoms with Crippen LogP contribution in [-0.2, 0) is 9.53 Å². The maximum atomic E-state index is 12.8. The highest BCUT2D eigenvalue weighted by Gasteiger charge is 2.31. The molecule has 4 rings (SSSR count). The summed E-state index contributed by atoms with van der Waals surface area (Å²) in [6.07, 6.45) is 5.38. The summed E-state index contributed by atoms with van der Waals surface area (Å²) in [6, 6.07) is 7.74. The number of anilines is 1. The summed E-state index contributed by atoms with van der Waals surface area (Å²) < 4.78 is 7.30. The summed E-state index contributed by atoms with van der Waals surface area (Å²) in [5.74, 6) is -0.284. The van der Waals surface area contributed by atoms with Crippen LogP contribution in [0.5, 0.6) is 0 Å². The molecule has 1 fully saturated rings. The summed E-state index contributed by atoms with van der Waals surface area (Å²) >= 11 is 0. The third kappa shape index (κ3) is 3.21. The third-order valence-corrected chi connectivity index (χ3v) is 5.21. The van der Waals surface area contributed by atoms with Crippen LogP contribution in [0.3, 0.4) is 0 Å². The van der Waals surface area contributed by atoms with Gasteiger partial charge >= 0.3 is 5.97 Å². The summed E-state index contributed by atoms with van der Waals surface area (Å²) in [5, 5.41) is 2.87. The molecule has 0 bridgehead atoms. The molecule has 28 heavy (non-hydrogen) atoms. The van der Waals surface area contributed by atoms with E-state index in [1.54, 1.807) is 6.92 Å². The minimum atomic E-state index is -0.490. The van der Waals surface area contributed by atoms with Crippen LogP contribution < -0.4 is 5.32 Å². The second-order valence-electron chi connectivity index (χ2n) is 7.17. The Bertz CT molecular complexity index is 1050. The molecule has 0 radical (unpaired) electrons. The smallest absolute Gasteiger partial charge is 0.344 e. The van der Waals surface area contributed by atoms with Gasteiger partial charge < -0.3 is 14.6 Å². The molecule has 1 aliphatic carbocycles. The van der Waals surface area contributed by atoms with Gasteiger partial charge in [0.1, 0.15) is 16.9 Å². The van der Waals surface area contributed by atoms with Crippen molar-refractivity contribution < 1.29 is 14.3 Å². The molecule has 146 valence electrons. The molecule has 7 heteroatoms. The Kier molecular flexibility index (Phi) is 4.98. The fourth-order valence-corrected chi connectivity index (χ4v) is 4.05. The first-order valence-corrected chi connectivity index (χ1v) is 9.85. The molecular weight excluding hydrogens is 356 g/mol. The number of aromatic nitrogens is 3. The third-order valence-electron chi connectivity index (χ3n) is 5.21. The highest BCUT2D eigenvalue weighted by molar-refractivity contribution is 6.11. The zero-order chi connectivity index (χ0) is 19.7. The van der Waals surface area contributed by atoms with Crippen molar-refractivity contribution in [3.63, 3.8) is 0 Å². The van der Waals surface area contributed by atoms with E-state index < -0.39 is 5.97 Å². The number of para-hydroxylation sites is 2. The lowest BCUT2D eigenvalue weighted by Gasteiger charge is -2.26. The number of amides is 1. The zero-order valence-corrected chi connectivity index (χ0v) is 16.2. The number of hydrogen-bond acceptors (Lipinski definition) is 5. The molecular formula is C21H24N4O3. The molecule has 2 heterocycles. The molecule has 0 saturated heterocycles. The van der Waals surface area contributed by atoms with Crippen LogP contribution in [0.25, 0.3) is 22.2 Å². The molecule has 0 spiro atoms. The van der Waals surface area contributed by atoms with Crippen LogP contribution in [0.2, 0.25) is 0 Å². The quantitative estimate of drug-likeness (QED) is 0.685. The summed E-state index contributed by atoms with van der Waals surface area (Å²) in [7, 11) is 0. The first-order chi connectivity index (χ1) is 13.6. The van der Waals surface area contributed by atoms with Crippen molar-refractivity contribution in [1.29, 1.82) is 0 Å². The molecule has 1 saturated carbocycles. The zero-order valence-electron chi connectivity index (χ0n) is 16.2. The van der Waals surface area contributed by atoms with Gasteiger partial charge in [0.15, 0.2) is 5.65 Å². The normalized spacial score (nSPS) is 15.1. The Labute approximate surface area is 163 Å². The van der Waals surface area contributed by atoms with Gasteiger partial charge in [-0.25, -0.2) is 14.8 Å². The average molecular weight is 380 g/mol. The number of nitrogens with zero attached hydrogens (tertiary/aromatic N) is 3. The monoisotopic (exact) mass is 380 g/mol. The second-order valence-corrected chi connectivity index (χ2v) is 7.17. The number of rotatable bonds is 4. The fraction of sp³-hybridized carbons (Fsp3) is 0.429. The molecule has 1 amide bonds. The molecule has 3 aromatic rings. The van der Waals surface area contributed by atoms with E-state index in [0.29, 0.717) is 22.5 Å². The highest BCUT2D eigenvalue weighted by Crippen LogP contribution is 2.38. The van der Waals surface area contributed by atoms with E-state index in [4.69, 9.17) is 14.7 Å². The van der Waals surface area contributed by atoms with E-state index in [9.17, 15) is 9.59 Å². The Morgan fingerprint density at radius 3 is 2.46 bits per heavy atom. The number of hydrogen-bond donors (Lipinski definition) is 1. The number of fused-ring (bicyclic) bond motifs is 2.